The van der Waals surface area contributed by atoms with Gasteiger partial charge in [0, 0.05) is 6.42 Å². The topological polar surface area (TPSA) is 37.3 Å². The highest BCUT2D eigenvalue weighted by atomic mass is 16.4. The van der Waals surface area contributed by atoms with E-state index in [9.17, 15) is 4.79 Å². The summed E-state index contributed by atoms with van der Waals surface area (Å²) in [4.78, 5) is 10.8. The van der Waals surface area contributed by atoms with E-state index in [1.807, 2.05) is 0 Å². The van der Waals surface area contributed by atoms with Gasteiger partial charge in [-0.3, -0.25) is 4.79 Å². The fourth-order valence-corrected chi connectivity index (χ4v) is 3.89. The van der Waals surface area contributed by atoms with Crippen molar-refractivity contribution in [1.29, 1.82) is 0 Å². The molecule has 80 valence electrons. The molecule has 3 atom stereocenters. The van der Waals surface area contributed by atoms with E-state index < -0.39 is 5.97 Å². The van der Waals surface area contributed by atoms with Gasteiger partial charge in [0.2, 0.25) is 0 Å². The second-order valence-corrected chi connectivity index (χ2v) is 5.91. The van der Waals surface area contributed by atoms with E-state index in [1.54, 1.807) is 0 Å². The zero-order valence-electron chi connectivity index (χ0n) is 9.34. The van der Waals surface area contributed by atoms with E-state index in [2.05, 4.69) is 20.8 Å². The van der Waals surface area contributed by atoms with Crippen LogP contribution < -0.4 is 0 Å². The molecule has 0 aromatic heterocycles. The second kappa shape index (κ2) is 2.74. The van der Waals surface area contributed by atoms with E-state index in [1.165, 1.54) is 12.8 Å². The Balaban J connectivity index is 2.23. The van der Waals surface area contributed by atoms with Gasteiger partial charge in [0.15, 0.2) is 0 Å². The molecule has 0 aromatic rings. The first-order valence-corrected chi connectivity index (χ1v) is 5.60. The summed E-state index contributed by atoms with van der Waals surface area (Å²) in [6.07, 6.45) is 4.04. The standard InChI is InChI=1S/C12H20O2/c1-11(2)8-4-5-12(11,3)9(6-8)7-10(13)14/h8-9H,4-7H2,1-3H3,(H,13,14). The SMILES string of the molecule is CC1(C)C2CCC1(C)C(CC(=O)O)C2. The summed E-state index contributed by atoms with van der Waals surface area (Å²) in [5, 5.41) is 8.89. The van der Waals surface area contributed by atoms with Crippen molar-refractivity contribution in [2.45, 2.75) is 46.5 Å². The van der Waals surface area contributed by atoms with Crippen LogP contribution in [0.4, 0.5) is 0 Å². The molecule has 2 bridgehead atoms. The van der Waals surface area contributed by atoms with Crippen LogP contribution in [0.15, 0.2) is 0 Å². The van der Waals surface area contributed by atoms with Crippen LogP contribution in [0.3, 0.4) is 0 Å². The summed E-state index contributed by atoms with van der Waals surface area (Å²) in [5.41, 5.74) is 0.628. The van der Waals surface area contributed by atoms with Gasteiger partial charge in [0.1, 0.15) is 0 Å². The van der Waals surface area contributed by atoms with Gasteiger partial charge in [0.05, 0.1) is 0 Å². The van der Waals surface area contributed by atoms with Gasteiger partial charge < -0.3 is 5.11 Å². The first kappa shape index (κ1) is 10.0. The Hall–Kier alpha value is -0.530. The Morgan fingerprint density at radius 2 is 2.07 bits per heavy atom. The molecule has 0 saturated heterocycles. The number of hydrogen-bond acceptors (Lipinski definition) is 1. The van der Waals surface area contributed by atoms with Crippen LogP contribution >= 0.6 is 0 Å². The first-order valence-electron chi connectivity index (χ1n) is 5.60. The van der Waals surface area contributed by atoms with Crippen LogP contribution in [-0.4, -0.2) is 11.1 Å². The van der Waals surface area contributed by atoms with E-state index >= 15 is 0 Å². The van der Waals surface area contributed by atoms with Gasteiger partial charge in [-0.15, -0.1) is 0 Å². The molecule has 0 spiro atoms. The minimum atomic E-state index is -0.625. The second-order valence-electron chi connectivity index (χ2n) is 5.91. The summed E-state index contributed by atoms with van der Waals surface area (Å²) in [6.45, 7) is 6.95. The summed E-state index contributed by atoms with van der Waals surface area (Å²) in [7, 11) is 0. The summed E-state index contributed by atoms with van der Waals surface area (Å²) in [5.74, 6) is 0.546. The van der Waals surface area contributed by atoms with Crippen molar-refractivity contribution >= 4 is 5.97 Å². The Morgan fingerprint density at radius 3 is 2.43 bits per heavy atom. The largest absolute Gasteiger partial charge is 0.481 e. The van der Waals surface area contributed by atoms with E-state index in [0.717, 1.165) is 12.3 Å². The number of carboxylic acid groups (broad SMARTS) is 1. The van der Waals surface area contributed by atoms with Crippen molar-refractivity contribution in [1.82, 2.24) is 0 Å². The number of hydrogen-bond donors (Lipinski definition) is 1. The fraction of sp³-hybridized carbons (Fsp3) is 0.917. The molecule has 1 N–H and O–H groups in total. The molecular weight excluding hydrogens is 176 g/mol. The lowest BCUT2D eigenvalue weighted by Gasteiger charge is -2.38. The lowest BCUT2D eigenvalue weighted by molar-refractivity contribution is -0.139. The number of aliphatic carboxylic acids is 1. The molecule has 2 heteroatoms. The highest BCUT2D eigenvalue weighted by molar-refractivity contribution is 5.67. The molecule has 0 heterocycles. The van der Waals surface area contributed by atoms with Crippen LogP contribution in [0.1, 0.15) is 46.5 Å². The van der Waals surface area contributed by atoms with Crippen molar-refractivity contribution in [2.75, 3.05) is 0 Å². The van der Waals surface area contributed by atoms with Gasteiger partial charge >= 0.3 is 5.97 Å². The molecule has 2 rings (SSSR count). The molecule has 2 aliphatic rings. The average molecular weight is 196 g/mol. The number of carboxylic acids is 1. The Bertz CT molecular complexity index is 269. The maximum absolute atomic E-state index is 10.8. The molecule has 3 unspecified atom stereocenters. The zero-order chi connectivity index (χ0) is 10.6. The maximum Gasteiger partial charge on any atom is 0.303 e. The maximum atomic E-state index is 10.8. The van der Waals surface area contributed by atoms with Crippen molar-refractivity contribution in [3.8, 4) is 0 Å². The zero-order valence-corrected chi connectivity index (χ0v) is 9.34. The van der Waals surface area contributed by atoms with Crippen LogP contribution in [-0.2, 0) is 4.79 Å². The van der Waals surface area contributed by atoms with E-state index in [0.29, 0.717) is 17.8 Å². The smallest absolute Gasteiger partial charge is 0.303 e. The summed E-state index contributed by atoms with van der Waals surface area (Å²) < 4.78 is 0. The minimum Gasteiger partial charge on any atom is -0.481 e. The Kier molecular flexibility index (Phi) is 1.96. The van der Waals surface area contributed by atoms with Crippen molar-refractivity contribution in [3.63, 3.8) is 0 Å². The lowest BCUT2D eigenvalue weighted by Crippen LogP contribution is -2.33. The van der Waals surface area contributed by atoms with Crippen LogP contribution in [0, 0.1) is 22.7 Å². The average Bonchev–Trinajstić information content (AvgIpc) is 2.35. The van der Waals surface area contributed by atoms with Gasteiger partial charge in [-0.2, -0.15) is 0 Å². The quantitative estimate of drug-likeness (QED) is 0.737. The molecular formula is C12H20O2. The third kappa shape index (κ3) is 1.06. The van der Waals surface area contributed by atoms with Gasteiger partial charge in [-0.25, -0.2) is 0 Å². The van der Waals surface area contributed by atoms with Crippen molar-refractivity contribution in [3.05, 3.63) is 0 Å². The molecule has 2 saturated carbocycles. The fourth-order valence-electron chi connectivity index (χ4n) is 3.89. The van der Waals surface area contributed by atoms with E-state index in [4.69, 9.17) is 5.11 Å². The Labute approximate surface area is 85.7 Å². The molecule has 0 aliphatic heterocycles. The van der Waals surface area contributed by atoms with Crippen molar-refractivity contribution in [2.24, 2.45) is 22.7 Å². The normalized spacial score (nSPS) is 44.2. The van der Waals surface area contributed by atoms with Gasteiger partial charge in [-0.05, 0) is 41.9 Å². The molecule has 2 aliphatic carbocycles. The Morgan fingerprint density at radius 1 is 1.43 bits per heavy atom. The highest BCUT2D eigenvalue weighted by Gasteiger charge is 2.61. The minimum absolute atomic E-state index is 0.274. The molecule has 2 nitrogen and oxygen atoms in total. The summed E-state index contributed by atoms with van der Waals surface area (Å²) in [6, 6.07) is 0. The predicted octanol–water partition coefficient (Wildman–Crippen LogP) is 2.92. The van der Waals surface area contributed by atoms with Crippen LogP contribution in [0.25, 0.3) is 0 Å². The monoisotopic (exact) mass is 196 g/mol. The van der Waals surface area contributed by atoms with Crippen molar-refractivity contribution < 1.29 is 9.90 Å². The van der Waals surface area contributed by atoms with Crippen LogP contribution in [0.5, 0.6) is 0 Å². The highest BCUT2D eigenvalue weighted by Crippen LogP contribution is 2.68. The lowest BCUT2D eigenvalue weighted by atomic mass is 9.66. The molecule has 0 radical (unpaired) electrons. The molecule has 0 amide bonds. The molecule has 0 aromatic carbocycles. The van der Waals surface area contributed by atoms with E-state index in [-0.39, 0.29) is 5.41 Å². The third-order valence-corrected chi connectivity index (χ3v) is 5.40. The first-order chi connectivity index (χ1) is 6.38. The number of fused-ring (bicyclic) bond motifs is 2. The van der Waals surface area contributed by atoms with Gasteiger partial charge in [-0.1, -0.05) is 20.8 Å². The third-order valence-electron chi connectivity index (χ3n) is 5.40. The molecule has 2 fully saturated rings. The molecule has 14 heavy (non-hydrogen) atoms. The predicted molar refractivity (Wildman–Crippen MR) is 55.0 cm³/mol. The summed E-state index contributed by atoms with van der Waals surface area (Å²) >= 11 is 0. The number of carbonyl (C=O) groups is 1. The van der Waals surface area contributed by atoms with Gasteiger partial charge in [0.25, 0.3) is 0 Å². The van der Waals surface area contributed by atoms with Crippen LogP contribution in [0.2, 0.25) is 0 Å². The number of rotatable bonds is 2.